The topological polar surface area (TPSA) is 22.4 Å². The van der Waals surface area contributed by atoms with Crippen molar-refractivity contribution < 1.29 is 8.84 Å². The van der Waals surface area contributed by atoms with Gasteiger partial charge in [0.15, 0.2) is 0 Å². The van der Waals surface area contributed by atoms with Crippen LogP contribution in [0.15, 0.2) is 35.1 Å². The summed E-state index contributed by atoms with van der Waals surface area (Å²) in [5.74, 6) is 0.873. The Morgan fingerprint density at radius 3 is 2.92 bits per heavy atom. The fourth-order valence-electron chi connectivity index (χ4n) is 0.711. The lowest BCUT2D eigenvalue weighted by molar-refractivity contribution is 0.266. The molecule has 0 atom stereocenters. The molecule has 0 unspecified atom stereocenters. The fourth-order valence-corrected chi connectivity index (χ4v) is 1.34. The van der Waals surface area contributed by atoms with Gasteiger partial charge in [-0.05, 0) is 25.2 Å². The molecule has 0 fully saturated rings. The van der Waals surface area contributed by atoms with Gasteiger partial charge in [0.25, 0.3) is 0 Å². The van der Waals surface area contributed by atoms with Gasteiger partial charge in [-0.15, -0.1) is 6.58 Å². The molecular formula is C9H14O2Si. The fraction of sp³-hybridized carbons (Fsp3) is 0.333. The quantitative estimate of drug-likeness (QED) is 0.668. The lowest BCUT2D eigenvalue weighted by atomic mass is 10.5. The van der Waals surface area contributed by atoms with Crippen LogP contribution in [0.2, 0.25) is 13.1 Å². The van der Waals surface area contributed by atoms with Crippen molar-refractivity contribution in [1.29, 1.82) is 0 Å². The number of rotatable bonds is 4. The zero-order valence-electron chi connectivity index (χ0n) is 7.54. The minimum absolute atomic E-state index is 0.554. The highest BCUT2D eigenvalue weighted by Gasteiger charge is 2.17. The van der Waals surface area contributed by atoms with Gasteiger partial charge in [0.2, 0.25) is 8.32 Å². The molecular weight excluding hydrogens is 168 g/mol. The Morgan fingerprint density at radius 2 is 2.42 bits per heavy atom. The standard InChI is InChI=1S/C9H14O2Si/c1-4-12(2,3)11-8-9-6-5-7-10-9/h4-7H,1,8H2,2-3H3. The average Bonchev–Trinajstić information content (AvgIpc) is 2.53. The number of hydrogen-bond acceptors (Lipinski definition) is 2. The number of hydrogen-bond donors (Lipinski definition) is 0. The molecule has 0 radical (unpaired) electrons. The van der Waals surface area contributed by atoms with E-state index < -0.39 is 8.32 Å². The molecule has 0 saturated carbocycles. The summed E-state index contributed by atoms with van der Waals surface area (Å²) < 4.78 is 10.8. The molecule has 12 heavy (non-hydrogen) atoms. The first-order chi connectivity index (χ1) is 5.64. The third kappa shape index (κ3) is 2.68. The van der Waals surface area contributed by atoms with Gasteiger partial charge in [0.1, 0.15) is 5.76 Å². The van der Waals surface area contributed by atoms with Crippen molar-refractivity contribution in [3.8, 4) is 0 Å². The van der Waals surface area contributed by atoms with Crippen LogP contribution in [0, 0.1) is 0 Å². The first-order valence-electron chi connectivity index (χ1n) is 3.94. The molecule has 0 bridgehead atoms. The summed E-state index contributed by atoms with van der Waals surface area (Å²) in [7, 11) is -1.63. The van der Waals surface area contributed by atoms with Gasteiger partial charge in [0, 0.05) is 0 Å². The lowest BCUT2D eigenvalue weighted by Gasteiger charge is -2.16. The van der Waals surface area contributed by atoms with E-state index >= 15 is 0 Å². The second kappa shape index (κ2) is 3.73. The highest BCUT2D eigenvalue weighted by molar-refractivity contribution is 6.76. The van der Waals surface area contributed by atoms with Crippen molar-refractivity contribution in [3.63, 3.8) is 0 Å². The summed E-state index contributed by atoms with van der Waals surface area (Å²) in [6.07, 6.45) is 1.65. The Morgan fingerprint density at radius 1 is 1.67 bits per heavy atom. The second-order valence-electron chi connectivity index (χ2n) is 3.18. The van der Waals surface area contributed by atoms with E-state index in [0.29, 0.717) is 6.61 Å². The van der Waals surface area contributed by atoms with E-state index in [-0.39, 0.29) is 0 Å². The minimum Gasteiger partial charge on any atom is -0.467 e. The Bertz CT molecular complexity index is 239. The summed E-state index contributed by atoms with van der Waals surface area (Å²) in [5.41, 5.74) is 1.91. The van der Waals surface area contributed by atoms with Crippen molar-refractivity contribution in [1.82, 2.24) is 0 Å². The molecule has 2 nitrogen and oxygen atoms in total. The Balaban J connectivity index is 2.41. The highest BCUT2D eigenvalue weighted by atomic mass is 28.4. The van der Waals surface area contributed by atoms with Gasteiger partial charge >= 0.3 is 0 Å². The summed E-state index contributed by atoms with van der Waals surface area (Å²) >= 11 is 0. The summed E-state index contributed by atoms with van der Waals surface area (Å²) in [4.78, 5) is 0. The van der Waals surface area contributed by atoms with Crippen molar-refractivity contribution in [2.75, 3.05) is 0 Å². The molecule has 0 saturated heterocycles. The van der Waals surface area contributed by atoms with E-state index in [0.717, 1.165) is 5.76 Å². The summed E-state index contributed by atoms with van der Waals surface area (Å²) in [5, 5.41) is 0. The average molecular weight is 182 g/mol. The first-order valence-corrected chi connectivity index (χ1v) is 6.92. The zero-order valence-corrected chi connectivity index (χ0v) is 8.54. The molecule has 0 N–H and O–H groups in total. The molecule has 1 aromatic heterocycles. The molecule has 3 heteroatoms. The van der Waals surface area contributed by atoms with Crippen LogP contribution in [0.3, 0.4) is 0 Å². The molecule has 0 amide bonds. The predicted octanol–water partition coefficient (Wildman–Crippen LogP) is 2.73. The van der Waals surface area contributed by atoms with Crippen LogP contribution < -0.4 is 0 Å². The van der Waals surface area contributed by atoms with Crippen LogP contribution >= 0.6 is 0 Å². The molecule has 0 spiro atoms. The summed E-state index contributed by atoms with van der Waals surface area (Å²) in [6.45, 7) is 8.49. The lowest BCUT2D eigenvalue weighted by Crippen LogP contribution is -2.26. The van der Waals surface area contributed by atoms with Gasteiger partial charge in [-0.2, -0.15) is 0 Å². The van der Waals surface area contributed by atoms with Gasteiger partial charge < -0.3 is 8.84 Å². The van der Waals surface area contributed by atoms with Crippen molar-refractivity contribution in [2.24, 2.45) is 0 Å². The monoisotopic (exact) mass is 182 g/mol. The van der Waals surface area contributed by atoms with Crippen LogP contribution in [0.1, 0.15) is 5.76 Å². The maximum atomic E-state index is 5.65. The second-order valence-corrected chi connectivity index (χ2v) is 7.08. The SMILES string of the molecule is C=C[Si](C)(C)OCc1ccco1. The largest absolute Gasteiger partial charge is 0.467 e. The third-order valence-electron chi connectivity index (χ3n) is 1.66. The molecule has 66 valence electrons. The minimum atomic E-state index is -1.63. The highest BCUT2D eigenvalue weighted by Crippen LogP contribution is 2.10. The Hall–Kier alpha value is -0.803. The molecule has 0 aromatic carbocycles. The van der Waals surface area contributed by atoms with Gasteiger partial charge in [-0.3, -0.25) is 0 Å². The Kier molecular flexibility index (Phi) is 2.89. The molecule has 1 rings (SSSR count). The molecule has 1 heterocycles. The van der Waals surface area contributed by atoms with E-state index in [2.05, 4.69) is 19.7 Å². The van der Waals surface area contributed by atoms with E-state index in [9.17, 15) is 0 Å². The van der Waals surface area contributed by atoms with Crippen LogP contribution in [-0.4, -0.2) is 8.32 Å². The summed E-state index contributed by atoms with van der Waals surface area (Å²) in [6, 6.07) is 3.77. The van der Waals surface area contributed by atoms with Crippen molar-refractivity contribution in [3.05, 3.63) is 36.4 Å². The zero-order chi connectivity index (χ0) is 9.03. The van der Waals surface area contributed by atoms with Crippen molar-refractivity contribution in [2.45, 2.75) is 19.7 Å². The van der Waals surface area contributed by atoms with Gasteiger partial charge in [-0.25, -0.2) is 0 Å². The van der Waals surface area contributed by atoms with E-state index in [1.54, 1.807) is 6.26 Å². The predicted molar refractivity (Wildman–Crippen MR) is 51.2 cm³/mol. The first kappa shape index (κ1) is 9.29. The molecule has 0 aliphatic carbocycles. The Labute approximate surface area is 74.0 Å². The maximum Gasteiger partial charge on any atom is 0.211 e. The molecule has 0 aliphatic rings. The van der Waals surface area contributed by atoms with Crippen LogP contribution in [0.5, 0.6) is 0 Å². The van der Waals surface area contributed by atoms with Crippen LogP contribution in [0.25, 0.3) is 0 Å². The smallest absolute Gasteiger partial charge is 0.211 e. The van der Waals surface area contributed by atoms with Gasteiger partial charge in [0.05, 0.1) is 12.9 Å². The normalized spacial score (nSPS) is 11.5. The number of furan rings is 1. The maximum absolute atomic E-state index is 5.65. The van der Waals surface area contributed by atoms with Crippen molar-refractivity contribution >= 4 is 8.32 Å². The molecule has 1 aromatic rings. The van der Waals surface area contributed by atoms with E-state index in [1.165, 1.54) is 0 Å². The van der Waals surface area contributed by atoms with Crippen LogP contribution in [-0.2, 0) is 11.0 Å². The van der Waals surface area contributed by atoms with Gasteiger partial charge in [-0.1, -0.05) is 5.70 Å². The van der Waals surface area contributed by atoms with E-state index in [4.69, 9.17) is 8.84 Å². The van der Waals surface area contributed by atoms with Crippen LogP contribution in [0.4, 0.5) is 0 Å². The van der Waals surface area contributed by atoms with E-state index in [1.807, 2.05) is 17.8 Å². The molecule has 0 aliphatic heterocycles. The third-order valence-corrected chi connectivity index (χ3v) is 3.53.